The Morgan fingerprint density at radius 2 is 1.91 bits per heavy atom. The van der Waals surface area contributed by atoms with Crippen LogP contribution in [0.25, 0.3) is 0 Å². The maximum atomic E-state index is 12.6. The standard InChI is InChI=1S/C15H20N4O3S/c1-10-14(11(2)19(3)17-10)23(21,22)18-13(15(16)20)9-12-7-5-4-6-8-12/h4-8,13,18H,9H2,1-3H3,(H2,16,20). The molecule has 1 unspecified atom stereocenters. The maximum absolute atomic E-state index is 12.6. The first kappa shape index (κ1) is 17.2. The van der Waals surface area contributed by atoms with E-state index in [4.69, 9.17) is 5.73 Å². The van der Waals surface area contributed by atoms with Crippen LogP contribution in [0.1, 0.15) is 17.0 Å². The van der Waals surface area contributed by atoms with Crippen LogP contribution in [-0.2, 0) is 28.3 Å². The minimum atomic E-state index is -3.90. The summed E-state index contributed by atoms with van der Waals surface area (Å²) in [4.78, 5) is 11.7. The van der Waals surface area contributed by atoms with E-state index in [2.05, 4.69) is 9.82 Å². The molecule has 0 aliphatic carbocycles. The second kappa shape index (κ2) is 6.51. The summed E-state index contributed by atoms with van der Waals surface area (Å²) in [6, 6.07) is 8.07. The van der Waals surface area contributed by atoms with Crippen LogP contribution < -0.4 is 10.5 Å². The third-order valence-electron chi connectivity index (χ3n) is 3.63. The van der Waals surface area contributed by atoms with Gasteiger partial charge in [-0.05, 0) is 25.8 Å². The van der Waals surface area contributed by atoms with Gasteiger partial charge < -0.3 is 5.73 Å². The lowest BCUT2D eigenvalue weighted by atomic mass is 10.1. The first-order valence-corrected chi connectivity index (χ1v) is 8.56. The van der Waals surface area contributed by atoms with Crippen molar-refractivity contribution in [1.82, 2.24) is 14.5 Å². The lowest BCUT2D eigenvalue weighted by molar-refractivity contribution is -0.119. The van der Waals surface area contributed by atoms with Gasteiger partial charge in [-0.3, -0.25) is 9.48 Å². The van der Waals surface area contributed by atoms with Crippen LogP contribution >= 0.6 is 0 Å². The zero-order chi connectivity index (χ0) is 17.2. The quantitative estimate of drug-likeness (QED) is 0.796. The van der Waals surface area contributed by atoms with Gasteiger partial charge in [0.15, 0.2) is 0 Å². The molecule has 1 aromatic carbocycles. The molecule has 1 heterocycles. The number of hydrogen-bond acceptors (Lipinski definition) is 4. The molecule has 23 heavy (non-hydrogen) atoms. The SMILES string of the molecule is Cc1nn(C)c(C)c1S(=O)(=O)NC(Cc1ccccc1)C(N)=O. The fraction of sp³-hybridized carbons (Fsp3) is 0.333. The summed E-state index contributed by atoms with van der Waals surface area (Å²) in [5.41, 5.74) is 7.06. The molecule has 2 aromatic rings. The molecule has 8 heteroatoms. The average molecular weight is 336 g/mol. The number of benzene rings is 1. The van der Waals surface area contributed by atoms with Crippen molar-refractivity contribution in [2.24, 2.45) is 12.8 Å². The zero-order valence-corrected chi connectivity index (χ0v) is 14.1. The van der Waals surface area contributed by atoms with Crippen LogP contribution in [0.4, 0.5) is 0 Å². The third-order valence-corrected chi connectivity index (χ3v) is 5.36. The van der Waals surface area contributed by atoms with Crippen LogP contribution in [0, 0.1) is 13.8 Å². The van der Waals surface area contributed by atoms with Gasteiger partial charge in [-0.2, -0.15) is 9.82 Å². The summed E-state index contributed by atoms with van der Waals surface area (Å²) in [6.07, 6.45) is 0.188. The van der Waals surface area contributed by atoms with E-state index in [1.807, 2.05) is 30.3 Å². The van der Waals surface area contributed by atoms with Crippen molar-refractivity contribution < 1.29 is 13.2 Å². The number of primary amides is 1. The first-order valence-electron chi connectivity index (χ1n) is 7.08. The summed E-state index contributed by atoms with van der Waals surface area (Å²) in [5.74, 6) is -0.725. The monoisotopic (exact) mass is 336 g/mol. The van der Waals surface area contributed by atoms with E-state index < -0.39 is 22.0 Å². The molecular weight excluding hydrogens is 316 g/mol. The van der Waals surface area contributed by atoms with Gasteiger partial charge in [-0.1, -0.05) is 30.3 Å². The molecule has 7 nitrogen and oxygen atoms in total. The Bertz CT molecular complexity index is 813. The first-order chi connectivity index (χ1) is 10.7. The number of rotatable bonds is 6. The minimum Gasteiger partial charge on any atom is -0.368 e. The van der Waals surface area contributed by atoms with Crippen LogP contribution in [-0.4, -0.2) is 30.1 Å². The molecule has 0 fully saturated rings. The number of nitrogens with one attached hydrogen (secondary N) is 1. The van der Waals surface area contributed by atoms with Gasteiger partial charge in [0.2, 0.25) is 15.9 Å². The molecule has 0 spiro atoms. The lowest BCUT2D eigenvalue weighted by Gasteiger charge is -2.16. The second-order valence-corrected chi connectivity index (χ2v) is 7.04. The van der Waals surface area contributed by atoms with Crippen LogP contribution in [0.15, 0.2) is 35.2 Å². The van der Waals surface area contributed by atoms with Gasteiger partial charge >= 0.3 is 0 Å². The molecule has 1 amide bonds. The van der Waals surface area contributed by atoms with Crippen molar-refractivity contribution in [3.63, 3.8) is 0 Å². The largest absolute Gasteiger partial charge is 0.368 e. The Labute approximate surface area is 135 Å². The Morgan fingerprint density at radius 3 is 2.39 bits per heavy atom. The molecule has 1 atom stereocenters. The summed E-state index contributed by atoms with van der Waals surface area (Å²) < 4.78 is 29.1. The highest BCUT2D eigenvalue weighted by Gasteiger charge is 2.29. The summed E-state index contributed by atoms with van der Waals surface area (Å²) in [7, 11) is -2.24. The fourth-order valence-electron chi connectivity index (χ4n) is 2.44. The number of sulfonamides is 1. The number of amides is 1. The molecule has 0 saturated heterocycles. The van der Waals surface area contributed by atoms with Gasteiger partial charge in [0.1, 0.15) is 10.9 Å². The van der Waals surface area contributed by atoms with Crippen molar-refractivity contribution in [1.29, 1.82) is 0 Å². The molecule has 2 rings (SSSR count). The van der Waals surface area contributed by atoms with E-state index in [1.165, 1.54) is 4.68 Å². The van der Waals surface area contributed by atoms with E-state index in [0.717, 1.165) is 5.56 Å². The maximum Gasteiger partial charge on any atom is 0.244 e. The third kappa shape index (κ3) is 3.77. The molecule has 0 aliphatic heterocycles. The van der Waals surface area contributed by atoms with Crippen LogP contribution in [0.5, 0.6) is 0 Å². The minimum absolute atomic E-state index is 0.0827. The number of hydrogen-bond donors (Lipinski definition) is 2. The number of aryl methyl sites for hydroxylation is 2. The molecule has 0 saturated carbocycles. The smallest absolute Gasteiger partial charge is 0.244 e. The molecule has 0 aliphatic rings. The van der Waals surface area contributed by atoms with E-state index in [-0.39, 0.29) is 11.3 Å². The normalized spacial score (nSPS) is 13.0. The number of nitrogens with two attached hydrogens (primary N) is 1. The average Bonchev–Trinajstić information content (AvgIpc) is 2.72. The summed E-state index contributed by atoms with van der Waals surface area (Å²) >= 11 is 0. The van der Waals surface area contributed by atoms with Crippen molar-refractivity contribution in [3.8, 4) is 0 Å². The molecule has 3 N–H and O–H groups in total. The fourth-order valence-corrected chi connectivity index (χ4v) is 4.08. The van der Waals surface area contributed by atoms with Crippen LogP contribution in [0.3, 0.4) is 0 Å². The topological polar surface area (TPSA) is 107 Å². The lowest BCUT2D eigenvalue weighted by Crippen LogP contribution is -2.46. The zero-order valence-electron chi connectivity index (χ0n) is 13.3. The van der Waals surface area contributed by atoms with E-state index in [9.17, 15) is 13.2 Å². The molecule has 0 radical (unpaired) electrons. The number of aromatic nitrogens is 2. The Hall–Kier alpha value is -2.19. The second-order valence-electron chi connectivity index (χ2n) is 5.39. The van der Waals surface area contributed by atoms with Crippen molar-refractivity contribution in [2.75, 3.05) is 0 Å². The van der Waals surface area contributed by atoms with Gasteiger partial charge in [0.05, 0.1) is 11.4 Å². The van der Waals surface area contributed by atoms with Crippen molar-refractivity contribution in [3.05, 3.63) is 47.3 Å². The summed E-state index contributed by atoms with van der Waals surface area (Å²) in [5, 5.41) is 4.09. The number of nitrogens with zero attached hydrogens (tertiary/aromatic N) is 2. The predicted molar refractivity (Wildman–Crippen MR) is 86.1 cm³/mol. The molecule has 1 aromatic heterocycles. The van der Waals surface area contributed by atoms with Gasteiger partial charge in [-0.15, -0.1) is 0 Å². The van der Waals surface area contributed by atoms with Crippen molar-refractivity contribution >= 4 is 15.9 Å². The molecular formula is C15H20N4O3S. The van der Waals surface area contributed by atoms with Gasteiger partial charge in [0.25, 0.3) is 0 Å². The molecule has 124 valence electrons. The van der Waals surface area contributed by atoms with E-state index in [0.29, 0.717) is 11.4 Å². The Morgan fingerprint density at radius 1 is 1.30 bits per heavy atom. The van der Waals surface area contributed by atoms with E-state index in [1.54, 1.807) is 20.9 Å². The van der Waals surface area contributed by atoms with Gasteiger partial charge in [0, 0.05) is 7.05 Å². The highest BCUT2D eigenvalue weighted by atomic mass is 32.2. The highest BCUT2D eigenvalue weighted by Crippen LogP contribution is 2.19. The summed E-state index contributed by atoms with van der Waals surface area (Å²) in [6.45, 7) is 3.27. The van der Waals surface area contributed by atoms with Crippen molar-refractivity contribution in [2.45, 2.75) is 31.2 Å². The highest BCUT2D eigenvalue weighted by molar-refractivity contribution is 7.89. The van der Waals surface area contributed by atoms with E-state index >= 15 is 0 Å². The number of carbonyl (C=O) groups is 1. The predicted octanol–water partition coefficient (Wildman–Crippen LogP) is 0.412. The van der Waals surface area contributed by atoms with Gasteiger partial charge in [-0.25, -0.2) is 8.42 Å². The Balaban J connectivity index is 2.30. The number of carbonyl (C=O) groups excluding carboxylic acids is 1. The molecule has 0 bridgehead atoms. The van der Waals surface area contributed by atoms with Crippen LogP contribution in [0.2, 0.25) is 0 Å². The Kier molecular flexibility index (Phi) is 4.86.